The minimum Gasteiger partial charge on any atom is -0.348 e. The summed E-state index contributed by atoms with van der Waals surface area (Å²) in [6, 6.07) is 12.4. The van der Waals surface area contributed by atoms with Gasteiger partial charge in [0.05, 0.1) is 22.1 Å². The molecule has 0 aromatic heterocycles. The molecular formula is C18H15N3O5. The summed E-state index contributed by atoms with van der Waals surface area (Å²) in [6.45, 7) is 1.34. The van der Waals surface area contributed by atoms with Crippen LogP contribution in [0.25, 0.3) is 0 Å². The third-order valence-corrected chi connectivity index (χ3v) is 4.14. The number of hydrogen-bond donors (Lipinski definition) is 1. The van der Waals surface area contributed by atoms with Gasteiger partial charge in [-0.25, -0.2) is 0 Å². The number of amides is 3. The van der Waals surface area contributed by atoms with Crippen molar-refractivity contribution in [1.82, 2.24) is 10.2 Å². The molecule has 2 aromatic rings. The van der Waals surface area contributed by atoms with E-state index < -0.39 is 29.2 Å². The third-order valence-electron chi connectivity index (χ3n) is 4.14. The van der Waals surface area contributed by atoms with Gasteiger partial charge in [-0.15, -0.1) is 0 Å². The van der Waals surface area contributed by atoms with Crippen LogP contribution >= 0.6 is 0 Å². The molecule has 0 spiro atoms. The van der Waals surface area contributed by atoms with Gasteiger partial charge in [0.15, 0.2) is 0 Å². The Morgan fingerprint density at radius 3 is 2.42 bits per heavy atom. The van der Waals surface area contributed by atoms with Gasteiger partial charge >= 0.3 is 0 Å². The lowest BCUT2D eigenvalue weighted by Crippen LogP contribution is -2.41. The Hall–Kier alpha value is -3.55. The predicted octanol–water partition coefficient (Wildman–Crippen LogP) is 2.07. The number of carbonyl (C=O) groups excluding carboxylic acids is 3. The number of carbonyl (C=O) groups is 3. The Bertz CT molecular complexity index is 910. The molecule has 0 radical (unpaired) electrons. The number of benzene rings is 2. The van der Waals surface area contributed by atoms with Gasteiger partial charge in [-0.2, -0.15) is 0 Å². The maximum atomic E-state index is 12.4. The van der Waals surface area contributed by atoms with Crippen LogP contribution in [0.15, 0.2) is 48.5 Å². The van der Waals surface area contributed by atoms with Crippen LogP contribution in [0.3, 0.4) is 0 Å². The quantitative estimate of drug-likeness (QED) is 0.503. The molecule has 8 nitrogen and oxygen atoms in total. The van der Waals surface area contributed by atoms with Crippen molar-refractivity contribution in [1.29, 1.82) is 0 Å². The van der Waals surface area contributed by atoms with Gasteiger partial charge in [-0.05, 0) is 18.6 Å². The Balaban J connectivity index is 1.72. The molecular weight excluding hydrogens is 338 g/mol. The van der Waals surface area contributed by atoms with Crippen LogP contribution in [0.5, 0.6) is 0 Å². The van der Waals surface area contributed by atoms with Crippen molar-refractivity contribution < 1.29 is 19.3 Å². The number of imide groups is 1. The molecule has 8 heteroatoms. The number of nitrogens with one attached hydrogen (secondary N) is 1. The van der Waals surface area contributed by atoms with Crippen molar-refractivity contribution in [3.05, 3.63) is 75.3 Å². The van der Waals surface area contributed by atoms with E-state index in [-0.39, 0.29) is 22.9 Å². The lowest BCUT2D eigenvalue weighted by Gasteiger charge is -2.17. The molecule has 3 amide bonds. The summed E-state index contributed by atoms with van der Waals surface area (Å²) in [6.07, 6.45) is 0. The largest absolute Gasteiger partial charge is 0.348 e. The van der Waals surface area contributed by atoms with Crippen LogP contribution < -0.4 is 5.32 Å². The number of nitrogens with zero attached hydrogens (tertiary/aromatic N) is 2. The first-order chi connectivity index (χ1) is 12.4. The molecule has 0 fully saturated rings. The Kier molecular flexibility index (Phi) is 4.49. The highest BCUT2D eigenvalue weighted by atomic mass is 16.6. The normalized spacial score (nSPS) is 14.1. The van der Waals surface area contributed by atoms with Crippen molar-refractivity contribution in [2.24, 2.45) is 0 Å². The second kappa shape index (κ2) is 6.75. The molecule has 1 N–H and O–H groups in total. The van der Waals surface area contributed by atoms with E-state index in [0.29, 0.717) is 0 Å². The van der Waals surface area contributed by atoms with E-state index in [1.54, 1.807) is 6.92 Å². The molecule has 2 aromatic carbocycles. The van der Waals surface area contributed by atoms with Crippen molar-refractivity contribution in [2.45, 2.75) is 13.0 Å². The number of nitro groups is 1. The van der Waals surface area contributed by atoms with Gasteiger partial charge in [0.1, 0.15) is 6.54 Å². The minimum atomic E-state index is -0.712. The molecule has 132 valence electrons. The fourth-order valence-corrected chi connectivity index (χ4v) is 2.79. The maximum Gasteiger partial charge on any atom is 0.270 e. The summed E-state index contributed by atoms with van der Waals surface area (Å²) in [4.78, 5) is 47.9. The average molecular weight is 353 g/mol. The molecule has 1 atom stereocenters. The second-order valence-corrected chi connectivity index (χ2v) is 5.88. The lowest BCUT2D eigenvalue weighted by atomic mass is 10.1. The maximum absolute atomic E-state index is 12.4. The number of rotatable bonds is 5. The van der Waals surface area contributed by atoms with E-state index >= 15 is 0 Å². The topological polar surface area (TPSA) is 110 Å². The monoisotopic (exact) mass is 353 g/mol. The zero-order valence-electron chi connectivity index (χ0n) is 13.8. The molecule has 1 unspecified atom stereocenters. The smallest absolute Gasteiger partial charge is 0.270 e. The predicted molar refractivity (Wildman–Crippen MR) is 91.5 cm³/mol. The first kappa shape index (κ1) is 17.3. The zero-order chi connectivity index (χ0) is 18.8. The number of nitro benzene ring substituents is 1. The number of hydrogen-bond acceptors (Lipinski definition) is 5. The van der Waals surface area contributed by atoms with Crippen molar-refractivity contribution in [2.75, 3.05) is 6.54 Å². The summed E-state index contributed by atoms with van der Waals surface area (Å²) in [5.74, 6) is -1.84. The van der Waals surface area contributed by atoms with Crippen LogP contribution in [-0.2, 0) is 4.79 Å². The van der Waals surface area contributed by atoms with E-state index in [0.717, 1.165) is 22.6 Å². The van der Waals surface area contributed by atoms with Crippen molar-refractivity contribution in [3.8, 4) is 0 Å². The molecule has 0 aliphatic carbocycles. The highest BCUT2D eigenvalue weighted by Gasteiger charge is 2.37. The molecule has 0 saturated heterocycles. The van der Waals surface area contributed by atoms with Crippen LogP contribution in [0.2, 0.25) is 0 Å². The van der Waals surface area contributed by atoms with Crippen LogP contribution in [0, 0.1) is 10.1 Å². The summed E-state index contributed by atoms with van der Waals surface area (Å²) < 4.78 is 0. The van der Waals surface area contributed by atoms with Crippen LogP contribution in [-0.4, -0.2) is 34.1 Å². The molecule has 0 bridgehead atoms. The van der Waals surface area contributed by atoms with Gasteiger partial charge in [-0.3, -0.25) is 29.4 Å². The third kappa shape index (κ3) is 3.16. The van der Waals surface area contributed by atoms with Crippen molar-refractivity contribution >= 4 is 23.4 Å². The Labute approximate surface area is 148 Å². The number of non-ortho nitro benzene ring substituents is 1. The number of fused-ring (bicyclic) bond motifs is 1. The first-order valence-corrected chi connectivity index (χ1v) is 7.87. The van der Waals surface area contributed by atoms with E-state index in [2.05, 4.69) is 5.32 Å². The summed E-state index contributed by atoms with van der Waals surface area (Å²) in [7, 11) is 0. The van der Waals surface area contributed by atoms with Crippen LogP contribution in [0.1, 0.15) is 39.2 Å². The molecule has 3 rings (SSSR count). The van der Waals surface area contributed by atoms with Gasteiger partial charge in [0.25, 0.3) is 17.5 Å². The van der Waals surface area contributed by atoms with Gasteiger partial charge in [-0.1, -0.05) is 30.3 Å². The van der Waals surface area contributed by atoms with E-state index in [4.69, 9.17) is 0 Å². The first-order valence-electron chi connectivity index (χ1n) is 7.87. The molecule has 1 heterocycles. The van der Waals surface area contributed by atoms with Gasteiger partial charge in [0, 0.05) is 12.1 Å². The second-order valence-electron chi connectivity index (χ2n) is 5.88. The molecule has 1 aliphatic rings. The highest BCUT2D eigenvalue weighted by Crippen LogP contribution is 2.26. The summed E-state index contributed by atoms with van der Waals surface area (Å²) >= 11 is 0. The van der Waals surface area contributed by atoms with E-state index in [1.165, 1.54) is 6.07 Å². The fourth-order valence-electron chi connectivity index (χ4n) is 2.79. The molecule has 26 heavy (non-hydrogen) atoms. The minimum absolute atomic E-state index is 0.0597. The Morgan fingerprint density at radius 2 is 1.77 bits per heavy atom. The highest BCUT2D eigenvalue weighted by molar-refractivity contribution is 6.22. The lowest BCUT2D eigenvalue weighted by molar-refractivity contribution is -0.384. The molecule has 0 saturated carbocycles. The summed E-state index contributed by atoms with van der Waals surface area (Å²) in [5.41, 5.74) is 0.602. The van der Waals surface area contributed by atoms with E-state index in [9.17, 15) is 24.5 Å². The van der Waals surface area contributed by atoms with Crippen molar-refractivity contribution in [3.63, 3.8) is 0 Å². The molecule has 1 aliphatic heterocycles. The van der Waals surface area contributed by atoms with E-state index in [1.807, 2.05) is 30.3 Å². The Morgan fingerprint density at radius 1 is 1.12 bits per heavy atom. The fraction of sp³-hybridized carbons (Fsp3) is 0.167. The standard InChI is InChI=1S/C18H15N3O5/c1-11(12-5-3-2-4-6-12)19-16(22)10-20-17(23)14-8-7-13(21(25)26)9-15(14)18(20)24/h2-9,11H,10H2,1H3,(H,19,22). The van der Waals surface area contributed by atoms with Gasteiger partial charge < -0.3 is 5.32 Å². The SMILES string of the molecule is CC(NC(=O)CN1C(=O)c2ccc([N+](=O)[O-])cc2C1=O)c1ccccc1. The van der Waals surface area contributed by atoms with Gasteiger partial charge in [0.2, 0.25) is 5.91 Å². The van der Waals surface area contributed by atoms with Crippen LogP contribution in [0.4, 0.5) is 5.69 Å². The average Bonchev–Trinajstić information content (AvgIpc) is 2.87. The summed E-state index contributed by atoms with van der Waals surface area (Å²) in [5, 5.41) is 13.6. The zero-order valence-corrected chi connectivity index (χ0v) is 13.8.